The number of aryl methyl sites for hydroxylation is 1. The fraction of sp³-hybridized carbons (Fsp3) is 0.480. The third kappa shape index (κ3) is 5.33. The number of nitrogens with one attached hydrogen (secondary N) is 2. The number of hydrogen-bond acceptors (Lipinski definition) is 4. The number of methoxy groups -OCH3 is 1. The molecule has 0 aromatic heterocycles. The highest BCUT2D eigenvalue weighted by molar-refractivity contribution is 7.89. The Morgan fingerprint density at radius 2 is 1.84 bits per heavy atom. The fourth-order valence-corrected chi connectivity index (χ4v) is 5.88. The summed E-state index contributed by atoms with van der Waals surface area (Å²) in [7, 11) is -2.42. The van der Waals surface area contributed by atoms with Gasteiger partial charge in [-0.15, -0.1) is 0 Å². The number of rotatable bonds is 7. The second kappa shape index (κ2) is 10.0. The van der Waals surface area contributed by atoms with Crippen molar-refractivity contribution in [3.8, 4) is 5.75 Å². The number of ether oxygens (including phenoxy) is 1. The van der Waals surface area contributed by atoms with E-state index in [0.717, 1.165) is 42.5 Å². The average molecular weight is 459 g/mol. The highest BCUT2D eigenvalue weighted by Gasteiger charge is 2.29. The molecule has 3 rings (SSSR count). The average Bonchev–Trinajstić information content (AvgIpc) is 2.76. The van der Waals surface area contributed by atoms with E-state index in [-0.39, 0.29) is 40.0 Å². The number of amides is 1. The highest BCUT2D eigenvalue weighted by Crippen LogP contribution is 2.31. The van der Waals surface area contributed by atoms with E-state index in [1.807, 2.05) is 25.1 Å². The van der Waals surface area contributed by atoms with E-state index < -0.39 is 10.0 Å². The largest absolute Gasteiger partial charge is 0.495 e. The lowest BCUT2D eigenvalue weighted by Gasteiger charge is -2.29. The SMILES string of the molecule is COc1ccc(C(=O)Nc2c(C)cccc2C(C)C)cc1S(=O)(=O)NC1CCCCC1C. The number of para-hydroxylation sites is 1. The third-order valence-corrected chi connectivity index (χ3v) is 7.81. The zero-order valence-electron chi connectivity index (χ0n) is 19.6. The van der Waals surface area contributed by atoms with Crippen molar-refractivity contribution in [1.29, 1.82) is 0 Å². The summed E-state index contributed by atoms with van der Waals surface area (Å²) in [6, 6.07) is 10.3. The predicted molar refractivity (Wildman–Crippen MR) is 128 cm³/mol. The molecular weight excluding hydrogens is 424 g/mol. The minimum atomic E-state index is -3.85. The zero-order valence-corrected chi connectivity index (χ0v) is 20.4. The molecule has 1 fully saturated rings. The van der Waals surface area contributed by atoms with Crippen LogP contribution < -0.4 is 14.8 Å². The molecule has 174 valence electrons. The maximum absolute atomic E-state index is 13.2. The van der Waals surface area contributed by atoms with Crippen LogP contribution in [0.5, 0.6) is 5.75 Å². The molecule has 0 heterocycles. The van der Waals surface area contributed by atoms with Crippen LogP contribution in [0.1, 0.15) is 73.9 Å². The van der Waals surface area contributed by atoms with Crippen LogP contribution in [0.3, 0.4) is 0 Å². The molecule has 2 aromatic carbocycles. The van der Waals surface area contributed by atoms with Crippen LogP contribution in [0, 0.1) is 12.8 Å². The second-order valence-corrected chi connectivity index (χ2v) is 10.7. The molecule has 2 aromatic rings. The normalized spacial score (nSPS) is 19.1. The van der Waals surface area contributed by atoms with Crippen LogP contribution in [0.15, 0.2) is 41.3 Å². The number of carbonyl (C=O) groups is 1. The Kier molecular flexibility index (Phi) is 7.62. The summed E-state index contributed by atoms with van der Waals surface area (Å²) in [6.45, 7) is 8.16. The summed E-state index contributed by atoms with van der Waals surface area (Å²) in [5, 5.41) is 2.99. The maximum Gasteiger partial charge on any atom is 0.255 e. The smallest absolute Gasteiger partial charge is 0.255 e. The quantitative estimate of drug-likeness (QED) is 0.594. The van der Waals surface area contributed by atoms with Crippen molar-refractivity contribution in [2.75, 3.05) is 12.4 Å². The molecular formula is C25H34N2O4S. The summed E-state index contributed by atoms with van der Waals surface area (Å²) < 4.78 is 34.6. The molecule has 0 saturated heterocycles. The standard InChI is InChI=1S/C25H34N2O4S/c1-16(2)20-11-8-10-18(4)24(20)26-25(28)19-13-14-22(31-5)23(15-19)32(29,30)27-21-12-7-6-9-17(21)3/h8,10-11,13-17,21,27H,6-7,9,12H2,1-5H3,(H,26,28). The summed E-state index contributed by atoms with van der Waals surface area (Å²) in [6.07, 6.45) is 3.94. The van der Waals surface area contributed by atoms with Gasteiger partial charge >= 0.3 is 0 Å². The first-order chi connectivity index (χ1) is 15.1. The monoisotopic (exact) mass is 458 g/mol. The van der Waals surface area contributed by atoms with E-state index in [1.54, 1.807) is 6.07 Å². The van der Waals surface area contributed by atoms with Crippen molar-refractivity contribution in [2.24, 2.45) is 5.92 Å². The van der Waals surface area contributed by atoms with E-state index in [0.29, 0.717) is 0 Å². The van der Waals surface area contributed by atoms with Crippen LogP contribution in [-0.2, 0) is 10.0 Å². The van der Waals surface area contributed by atoms with Crippen molar-refractivity contribution in [3.05, 3.63) is 53.1 Å². The maximum atomic E-state index is 13.2. The van der Waals surface area contributed by atoms with Gasteiger partial charge in [-0.2, -0.15) is 0 Å². The van der Waals surface area contributed by atoms with E-state index >= 15 is 0 Å². The number of hydrogen-bond donors (Lipinski definition) is 2. The van der Waals surface area contributed by atoms with Crippen molar-refractivity contribution in [2.45, 2.75) is 70.2 Å². The fourth-order valence-electron chi connectivity index (χ4n) is 4.31. The van der Waals surface area contributed by atoms with Gasteiger partial charge in [0.05, 0.1) is 7.11 Å². The first-order valence-corrected chi connectivity index (χ1v) is 12.7. The molecule has 32 heavy (non-hydrogen) atoms. The number of sulfonamides is 1. The Labute approximate surface area is 191 Å². The Hall–Kier alpha value is -2.38. The van der Waals surface area contributed by atoms with Gasteiger partial charge in [0.2, 0.25) is 10.0 Å². The van der Waals surface area contributed by atoms with Gasteiger partial charge in [-0.05, 0) is 60.9 Å². The molecule has 0 spiro atoms. The number of benzene rings is 2. The predicted octanol–water partition coefficient (Wildman–Crippen LogP) is 5.24. The minimum Gasteiger partial charge on any atom is -0.495 e. The molecule has 1 amide bonds. The third-order valence-electron chi connectivity index (χ3n) is 6.30. The molecule has 0 aliphatic heterocycles. The second-order valence-electron chi connectivity index (χ2n) is 9.00. The van der Waals surface area contributed by atoms with Gasteiger partial charge in [-0.3, -0.25) is 4.79 Å². The van der Waals surface area contributed by atoms with Crippen LogP contribution in [0.4, 0.5) is 5.69 Å². The lowest BCUT2D eigenvalue weighted by atomic mass is 9.87. The number of anilines is 1. The Bertz CT molecular complexity index is 1080. The van der Waals surface area contributed by atoms with E-state index in [2.05, 4.69) is 30.8 Å². The minimum absolute atomic E-state index is 0.0145. The molecule has 1 saturated carbocycles. The van der Waals surface area contributed by atoms with Crippen LogP contribution in [-0.4, -0.2) is 27.5 Å². The zero-order chi connectivity index (χ0) is 23.5. The number of carbonyl (C=O) groups excluding carboxylic acids is 1. The Morgan fingerprint density at radius 1 is 1.12 bits per heavy atom. The van der Waals surface area contributed by atoms with Gasteiger partial charge in [-0.1, -0.05) is 51.8 Å². The van der Waals surface area contributed by atoms with Crippen molar-refractivity contribution in [1.82, 2.24) is 4.72 Å². The molecule has 6 nitrogen and oxygen atoms in total. The molecule has 1 aliphatic rings. The Balaban J connectivity index is 1.92. The molecule has 1 aliphatic carbocycles. The molecule has 2 unspecified atom stereocenters. The van der Waals surface area contributed by atoms with Gasteiger partial charge in [0.1, 0.15) is 10.6 Å². The molecule has 0 bridgehead atoms. The summed E-state index contributed by atoms with van der Waals surface area (Å²) in [5.74, 6) is 0.368. The van der Waals surface area contributed by atoms with Crippen LogP contribution in [0.2, 0.25) is 0 Å². The van der Waals surface area contributed by atoms with Gasteiger partial charge in [-0.25, -0.2) is 13.1 Å². The molecule has 0 radical (unpaired) electrons. The Morgan fingerprint density at radius 3 is 2.50 bits per heavy atom. The van der Waals surface area contributed by atoms with Crippen molar-refractivity contribution in [3.63, 3.8) is 0 Å². The molecule has 2 N–H and O–H groups in total. The van der Waals surface area contributed by atoms with Crippen molar-refractivity contribution >= 4 is 21.6 Å². The van der Waals surface area contributed by atoms with Gasteiger partial charge in [0.15, 0.2) is 0 Å². The summed E-state index contributed by atoms with van der Waals surface area (Å²) >= 11 is 0. The van der Waals surface area contributed by atoms with Crippen molar-refractivity contribution < 1.29 is 17.9 Å². The summed E-state index contributed by atoms with van der Waals surface area (Å²) in [5.41, 5.74) is 3.02. The topological polar surface area (TPSA) is 84.5 Å². The molecule has 2 atom stereocenters. The lowest BCUT2D eigenvalue weighted by Crippen LogP contribution is -2.41. The van der Waals surface area contributed by atoms with E-state index in [4.69, 9.17) is 4.74 Å². The first kappa shape index (κ1) is 24.3. The molecule has 7 heteroatoms. The lowest BCUT2D eigenvalue weighted by molar-refractivity contribution is 0.102. The first-order valence-electron chi connectivity index (χ1n) is 11.2. The van der Waals surface area contributed by atoms with Crippen LogP contribution in [0.25, 0.3) is 0 Å². The van der Waals surface area contributed by atoms with E-state index in [1.165, 1.54) is 19.2 Å². The van der Waals surface area contributed by atoms with Crippen LogP contribution >= 0.6 is 0 Å². The highest BCUT2D eigenvalue weighted by atomic mass is 32.2. The van der Waals surface area contributed by atoms with E-state index in [9.17, 15) is 13.2 Å². The van der Waals surface area contributed by atoms with Gasteiger partial charge in [0, 0.05) is 17.3 Å². The van der Waals surface area contributed by atoms with Gasteiger partial charge < -0.3 is 10.1 Å². The summed E-state index contributed by atoms with van der Waals surface area (Å²) in [4.78, 5) is 13.1. The van der Waals surface area contributed by atoms with Gasteiger partial charge in [0.25, 0.3) is 5.91 Å².